The summed E-state index contributed by atoms with van der Waals surface area (Å²) in [6.07, 6.45) is -2.87. The maximum Gasteiger partial charge on any atom is 0.416 e. The second-order valence-corrected chi connectivity index (χ2v) is 8.10. The van der Waals surface area contributed by atoms with Gasteiger partial charge in [0.05, 0.1) is 17.7 Å². The average Bonchev–Trinajstić information content (AvgIpc) is 3.58. The molecule has 1 aliphatic rings. The van der Waals surface area contributed by atoms with Crippen LogP contribution < -0.4 is 4.90 Å². The first kappa shape index (κ1) is 22.9. The summed E-state index contributed by atoms with van der Waals surface area (Å²) in [4.78, 5) is 17.1. The summed E-state index contributed by atoms with van der Waals surface area (Å²) in [6.45, 7) is 5.60. The fourth-order valence-electron chi connectivity index (χ4n) is 3.94. The van der Waals surface area contributed by atoms with Crippen LogP contribution in [0.25, 0.3) is 11.3 Å². The van der Waals surface area contributed by atoms with Crippen molar-refractivity contribution in [1.29, 1.82) is 0 Å². The highest BCUT2D eigenvalue weighted by molar-refractivity contribution is 5.95. The first-order valence-electron chi connectivity index (χ1n) is 11.1. The van der Waals surface area contributed by atoms with E-state index in [-0.39, 0.29) is 18.2 Å². The van der Waals surface area contributed by atoms with Crippen LogP contribution in [0.4, 0.5) is 19.1 Å². The van der Waals surface area contributed by atoms with Gasteiger partial charge in [0.1, 0.15) is 5.69 Å². The molecule has 5 nitrogen and oxygen atoms in total. The van der Waals surface area contributed by atoms with Crippen molar-refractivity contribution in [3.63, 3.8) is 0 Å². The lowest BCUT2D eigenvalue weighted by Gasteiger charge is -2.25. The van der Waals surface area contributed by atoms with E-state index >= 15 is 0 Å². The van der Waals surface area contributed by atoms with E-state index in [4.69, 9.17) is 4.52 Å². The standard InChI is InChI=1S/C25H26F3N3O2/c1-3-30(4-2)24-21(22(29-33-24)17-9-6-5-7-10-17)16-31(20-13-14-20)23(32)18-11-8-12-19(15-18)25(26,27)28/h5-12,15,20H,3-4,13-14,16H2,1-2H3. The zero-order chi connectivity index (χ0) is 23.6. The molecule has 1 saturated carbocycles. The van der Waals surface area contributed by atoms with Crippen LogP contribution in [0.5, 0.6) is 0 Å². The Morgan fingerprint density at radius 2 is 1.76 bits per heavy atom. The number of aromatic nitrogens is 1. The third-order valence-corrected chi connectivity index (χ3v) is 5.88. The lowest BCUT2D eigenvalue weighted by atomic mass is 10.1. The van der Waals surface area contributed by atoms with Gasteiger partial charge in [0, 0.05) is 30.3 Å². The average molecular weight is 457 g/mol. The van der Waals surface area contributed by atoms with Crippen molar-refractivity contribution in [1.82, 2.24) is 10.1 Å². The van der Waals surface area contributed by atoms with Gasteiger partial charge >= 0.3 is 6.18 Å². The summed E-state index contributed by atoms with van der Waals surface area (Å²) in [6, 6.07) is 14.1. The number of amides is 1. The smallest absolute Gasteiger partial charge is 0.341 e. The number of rotatable bonds is 8. The third-order valence-electron chi connectivity index (χ3n) is 5.88. The molecule has 0 radical (unpaired) electrons. The van der Waals surface area contributed by atoms with Gasteiger partial charge in [0.2, 0.25) is 5.88 Å². The van der Waals surface area contributed by atoms with E-state index in [0.29, 0.717) is 24.7 Å². The normalized spacial score (nSPS) is 13.7. The van der Waals surface area contributed by atoms with Crippen molar-refractivity contribution in [2.75, 3.05) is 18.0 Å². The summed E-state index contributed by atoms with van der Waals surface area (Å²) >= 11 is 0. The Morgan fingerprint density at radius 3 is 2.36 bits per heavy atom. The van der Waals surface area contributed by atoms with Gasteiger partial charge < -0.3 is 14.3 Å². The second kappa shape index (κ2) is 9.29. The predicted molar refractivity (Wildman–Crippen MR) is 120 cm³/mol. The van der Waals surface area contributed by atoms with Gasteiger partial charge in [-0.05, 0) is 44.9 Å². The van der Waals surface area contributed by atoms with Gasteiger partial charge in [0.15, 0.2) is 0 Å². The number of nitrogens with zero attached hydrogens (tertiary/aromatic N) is 3. The molecule has 1 aliphatic carbocycles. The van der Waals surface area contributed by atoms with Crippen LogP contribution in [0, 0.1) is 0 Å². The molecule has 1 heterocycles. The number of alkyl halides is 3. The van der Waals surface area contributed by atoms with Crippen LogP contribution in [0.2, 0.25) is 0 Å². The van der Waals surface area contributed by atoms with Crippen molar-refractivity contribution >= 4 is 11.8 Å². The van der Waals surface area contributed by atoms with Crippen molar-refractivity contribution in [2.45, 2.75) is 45.5 Å². The van der Waals surface area contributed by atoms with Gasteiger partial charge in [-0.25, -0.2) is 0 Å². The summed E-state index contributed by atoms with van der Waals surface area (Å²) in [5.74, 6) is 0.163. The number of halogens is 3. The Balaban J connectivity index is 1.73. The molecule has 1 aromatic heterocycles. The van der Waals surface area contributed by atoms with E-state index in [0.717, 1.165) is 36.1 Å². The molecule has 0 atom stereocenters. The zero-order valence-corrected chi connectivity index (χ0v) is 18.6. The number of hydrogen-bond acceptors (Lipinski definition) is 4. The molecule has 3 aromatic rings. The SMILES string of the molecule is CCN(CC)c1onc(-c2ccccc2)c1CN(C(=O)c1cccc(C(F)(F)F)c1)C1CC1. The molecule has 8 heteroatoms. The molecule has 174 valence electrons. The molecule has 0 spiro atoms. The number of benzene rings is 2. The Labute approximate surface area is 190 Å². The Morgan fingerprint density at radius 1 is 1.06 bits per heavy atom. The molecule has 2 aromatic carbocycles. The highest BCUT2D eigenvalue weighted by atomic mass is 19.4. The Hall–Kier alpha value is -3.29. The summed E-state index contributed by atoms with van der Waals surface area (Å²) < 4.78 is 45.4. The topological polar surface area (TPSA) is 49.6 Å². The molecular weight excluding hydrogens is 431 g/mol. The minimum absolute atomic E-state index is 0.0184. The van der Waals surface area contributed by atoms with Gasteiger partial charge in [-0.3, -0.25) is 4.79 Å². The third kappa shape index (κ3) is 4.89. The number of anilines is 1. The first-order chi connectivity index (χ1) is 15.8. The first-order valence-corrected chi connectivity index (χ1v) is 11.1. The van der Waals surface area contributed by atoms with Crippen LogP contribution >= 0.6 is 0 Å². The molecule has 4 rings (SSSR count). The molecule has 33 heavy (non-hydrogen) atoms. The maximum atomic E-state index is 13.4. The minimum atomic E-state index is -4.51. The van der Waals surface area contributed by atoms with E-state index in [9.17, 15) is 18.0 Å². The largest absolute Gasteiger partial charge is 0.416 e. The van der Waals surface area contributed by atoms with Gasteiger partial charge in [-0.15, -0.1) is 0 Å². The van der Waals surface area contributed by atoms with Crippen LogP contribution in [0.1, 0.15) is 48.2 Å². The van der Waals surface area contributed by atoms with Crippen LogP contribution in [0.15, 0.2) is 59.1 Å². The number of carbonyl (C=O) groups excluding carboxylic acids is 1. The summed E-state index contributed by atoms with van der Waals surface area (Å²) in [5.41, 5.74) is 1.45. The quantitative estimate of drug-likeness (QED) is 0.416. The van der Waals surface area contributed by atoms with E-state index < -0.39 is 17.6 Å². The minimum Gasteiger partial charge on any atom is -0.341 e. The second-order valence-electron chi connectivity index (χ2n) is 8.10. The van der Waals surface area contributed by atoms with Crippen molar-refractivity contribution in [3.05, 3.63) is 71.3 Å². The zero-order valence-electron chi connectivity index (χ0n) is 18.6. The van der Waals surface area contributed by atoms with Gasteiger partial charge in [0.25, 0.3) is 5.91 Å². The molecule has 0 aliphatic heterocycles. The lowest BCUT2D eigenvalue weighted by molar-refractivity contribution is -0.137. The monoisotopic (exact) mass is 457 g/mol. The highest BCUT2D eigenvalue weighted by Crippen LogP contribution is 2.37. The van der Waals surface area contributed by atoms with Gasteiger partial charge in [-0.2, -0.15) is 13.2 Å². The van der Waals surface area contributed by atoms with Crippen LogP contribution in [0.3, 0.4) is 0 Å². The fourth-order valence-corrected chi connectivity index (χ4v) is 3.94. The molecule has 1 amide bonds. The maximum absolute atomic E-state index is 13.4. The Kier molecular flexibility index (Phi) is 6.44. The van der Waals surface area contributed by atoms with Crippen molar-refractivity contribution in [3.8, 4) is 11.3 Å². The van der Waals surface area contributed by atoms with Crippen LogP contribution in [-0.2, 0) is 12.7 Å². The van der Waals surface area contributed by atoms with Crippen molar-refractivity contribution in [2.24, 2.45) is 0 Å². The van der Waals surface area contributed by atoms with E-state index in [1.165, 1.54) is 12.1 Å². The van der Waals surface area contributed by atoms with Crippen molar-refractivity contribution < 1.29 is 22.5 Å². The predicted octanol–water partition coefficient (Wildman–Crippen LogP) is 6.01. The fraction of sp³-hybridized carbons (Fsp3) is 0.360. The van der Waals surface area contributed by atoms with Crippen LogP contribution in [-0.4, -0.2) is 35.1 Å². The lowest BCUT2D eigenvalue weighted by Crippen LogP contribution is -2.33. The Bertz CT molecular complexity index is 1100. The van der Waals surface area contributed by atoms with E-state index in [1.54, 1.807) is 4.90 Å². The van der Waals surface area contributed by atoms with E-state index in [2.05, 4.69) is 5.16 Å². The summed E-state index contributed by atoms with van der Waals surface area (Å²) in [5, 5.41) is 4.31. The van der Waals surface area contributed by atoms with E-state index in [1.807, 2.05) is 49.1 Å². The number of hydrogen-bond donors (Lipinski definition) is 0. The number of carbonyl (C=O) groups is 1. The molecule has 1 fully saturated rings. The molecule has 0 N–H and O–H groups in total. The van der Waals surface area contributed by atoms with Gasteiger partial charge in [-0.1, -0.05) is 41.6 Å². The molecule has 0 unspecified atom stereocenters. The summed E-state index contributed by atoms with van der Waals surface area (Å²) in [7, 11) is 0. The highest BCUT2D eigenvalue weighted by Gasteiger charge is 2.37. The molecule has 0 bridgehead atoms. The molecule has 0 saturated heterocycles. The molecular formula is C25H26F3N3O2.